The summed E-state index contributed by atoms with van der Waals surface area (Å²) < 4.78 is 8.92. The van der Waals surface area contributed by atoms with Crippen molar-refractivity contribution in [3.63, 3.8) is 0 Å². The maximum absolute atomic E-state index is 12.2. The Hall–Kier alpha value is -5.70. The van der Waals surface area contributed by atoms with E-state index in [1.807, 2.05) is 35.1 Å². The molecule has 45 heavy (non-hydrogen) atoms. The van der Waals surface area contributed by atoms with Gasteiger partial charge in [-0.25, -0.2) is 9.97 Å². The Bertz CT molecular complexity index is 1680. The molecule has 15 nitrogen and oxygen atoms in total. The second-order valence-electron chi connectivity index (χ2n) is 11.1. The van der Waals surface area contributed by atoms with Crippen LogP contribution in [-0.2, 0) is 22.7 Å². The van der Waals surface area contributed by atoms with E-state index in [0.29, 0.717) is 63.7 Å². The molecule has 0 bridgehead atoms. The van der Waals surface area contributed by atoms with Gasteiger partial charge < -0.3 is 34.1 Å². The predicted octanol–water partition coefficient (Wildman–Crippen LogP) is 2.35. The van der Waals surface area contributed by atoms with Gasteiger partial charge in [-0.15, -0.1) is 0 Å². The van der Waals surface area contributed by atoms with Crippen LogP contribution < -0.4 is 10.6 Å². The monoisotopic (exact) mass is 610 g/mol. The van der Waals surface area contributed by atoms with E-state index < -0.39 is 0 Å². The van der Waals surface area contributed by atoms with Crippen molar-refractivity contribution in [3.8, 4) is 12.4 Å². The SMILES string of the molecule is Cc1noc(C)c1Cn1cnc(NC(=O)[C@H]2CCN(C#N)C2)c1.N#CN1CC[C@H](C(=O)Nc2cn(Cc3ccncc3)cn2)C1. The number of pyridine rings is 1. The highest BCUT2D eigenvalue weighted by Gasteiger charge is 2.29. The van der Waals surface area contributed by atoms with Crippen LogP contribution in [0.4, 0.5) is 11.6 Å². The molecule has 0 saturated carbocycles. The topological polar surface area (TPSA) is 187 Å². The van der Waals surface area contributed by atoms with Gasteiger partial charge in [0.05, 0.1) is 36.7 Å². The molecule has 2 fully saturated rings. The van der Waals surface area contributed by atoms with Crippen molar-refractivity contribution in [2.75, 3.05) is 36.8 Å². The number of aromatic nitrogens is 6. The Kier molecular flexibility index (Phi) is 9.69. The Morgan fingerprint density at radius 2 is 1.42 bits per heavy atom. The molecule has 6 heterocycles. The van der Waals surface area contributed by atoms with E-state index in [1.165, 1.54) is 0 Å². The highest BCUT2D eigenvalue weighted by Crippen LogP contribution is 2.19. The van der Waals surface area contributed by atoms with Crippen molar-refractivity contribution in [2.24, 2.45) is 11.8 Å². The minimum absolute atomic E-state index is 0.0769. The van der Waals surface area contributed by atoms with E-state index >= 15 is 0 Å². The Morgan fingerprint density at radius 3 is 1.89 bits per heavy atom. The molecule has 2 N–H and O–H groups in total. The number of imidazole rings is 2. The van der Waals surface area contributed by atoms with Gasteiger partial charge in [0.1, 0.15) is 5.76 Å². The number of amides is 2. The van der Waals surface area contributed by atoms with Gasteiger partial charge in [-0.3, -0.25) is 14.6 Å². The summed E-state index contributed by atoms with van der Waals surface area (Å²) in [7, 11) is 0. The number of aryl methyl sites for hydroxylation is 2. The average Bonchev–Trinajstić information content (AvgIpc) is 3.89. The molecule has 4 aromatic rings. The summed E-state index contributed by atoms with van der Waals surface area (Å²) in [5, 5.41) is 27.2. The summed E-state index contributed by atoms with van der Waals surface area (Å²) in [5.41, 5.74) is 2.98. The molecule has 4 aromatic heterocycles. The molecular formula is C30H34N12O3. The third kappa shape index (κ3) is 8.03. The predicted molar refractivity (Wildman–Crippen MR) is 161 cm³/mol. The van der Waals surface area contributed by atoms with Crippen LogP contribution in [0.3, 0.4) is 0 Å². The zero-order valence-electron chi connectivity index (χ0n) is 25.1. The highest BCUT2D eigenvalue weighted by atomic mass is 16.5. The molecule has 0 aromatic carbocycles. The molecule has 0 aliphatic carbocycles. The van der Waals surface area contributed by atoms with Crippen LogP contribution in [0.2, 0.25) is 0 Å². The van der Waals surface area contributed by atoms with Crippen molar-refractivity contribution in [1.29, 1.82) is 10.5 Å². The van der Waals surface area contributed by atoms with E-state index in [-0.39, 0.29) is 23.7 Å². The van der Waals surface area contributed by atoms with Gasteiger partial charge in [0.25, 0.3) is 0 Å². The van der Waals surface area contributed by atoms with Gasteiger partial charge in [-0.05, 0) is 44.4 Å². The molecule has 2 aliphatic heterocycles. The summed E-state index contributed by atoms with van der Waals surface area (Å²) in [5.74, 6) is 1.35. The van der Waals surface area contributed by atoms with Crippen molar-refractivity contribution in [2.45, 2.75) is 39.8 Å². The van der Waals surface area contributed by atoms with Crippen LogP contribution in [-0.4, -0.2) is 77.0 Å². The van der Waals surface area contributed by atoms with Crippen LogP contribution in [0.15, 0.2) is 54.1 Å². The molecule has 0 unspecified atom stereocenters. The van der Waals surface area contributed by atoms with Gasteiger partial charge >= 0.3 is 0 Å². The number of anilines is 2. The fourth-order valence-electron chi connectivity index (χ4n) is 5.22. The quantitative estimate of drug-likeness (QED) is 0.279. The first-order chi connectivity index (χ1) is 21.8. The molecule has 0 radical (unpaired) electrons. The Balaban J connectivity index is 0.000000178. The smallest absolute Gasteiger partial charge is 0.230 e. The van der Waals surface area contributed by atoms with Crippen molar-refractivity contribution in [1.82, 2.24) is 39.0 Å². The standard InChI is InChI=1S/C15H18N6O2.C15H16N6O/c1-10-13(11(2)23-19-10)6-21-7-14(17-9-21)18-15(22)12-3-4-20(5-12)8-16;16-10-20-6-3-13(8-20)15(22)19-14-9-21(11-18-14)7-12-1-4-17-5-2-12/h7,9,12H,3-6H2,1-2H3,(H,18,22);1-2,4-5,9,11,13H,3,6-8H2,(H,19,22)/t12-;13-/m00/s1. The van der Waals surface area contributed by atoms with Crippen LogP contribution >= 0.6 is 0 Å². The molecule has 2 aliphatic rings. The fourth-order valence-corrected chi connectivity index (χ4v) is 5.22. The minimum atomic E-state index is -0.164. The third-order valence-corrected chi connectivity index (χ3v) is 7.81. The zero-order valence-corrected chi connectivity index (χ0v) is 25.1. The first-order valence-electron chi connectivity index (χ1n) is 14.6. The van der Waals surface area contributed by atoms with Gasteiger partial charge in [-0.2, -0.15) is 10.5 Å². The van der Waals surface area contributed by atoms with Gasteiger partial charge in [-0.1, -0.05) is 5.16 Å². The minimum Gasteiger partial charge on any atom is -0.361 e. The lowest BCUT2D eigenvalue weighted by molar-refractivity contribution is -0.120. The van der Waals surface area contributed by atoms with E-state index in [0.717, 1.165) is 22.6 Å². The van der Waals surface area contributed by atoms with Gasteiger partial charge in [0, 0.05) is 63.1 Å². The molecule has 2 atom stereocenters. The molecule has 15 heteroatoms. The number of carbonyl (C=O) groups is 2. The number of carbonyl (C=O) groups excluding carboxylic acids is 2. The number of rotatable bonds is 8. The Labute approximate surface area is 260 Å². The number of nitriles is 2. The van der Waals surface area contributed by atoms with Crippen molar-refractivity contribution in [3.05, 3.63) is 72.2 Å². The number of hydrogen-bond acceptors (Lipinski definition) is 11. The summed E-state index contributed by atoms with van der Waals surface area (Å²) in [6.45, 7) is 7.28. The molecular weight excluding hydrogens is 576 g/mol. The summed E-state index contributed by atoms with van der Waals surface area (Å²) in [4.78, 5) is 39.9. The first kappa shape index (κ1) is 30.7. The van der Waals surface area contributed by atoms with E-state index in [1.54, 1.807) is 47.2 Å². The van der Waals surface area contributed by atoms with Crippen LogP contribution in [0.1, 0.15) is 35.4 Å². The largest absolute Gasteiger partial charge is 0.361 e. The molecule has 0 spiro atoms. The fraction of sp³-hybridized carbons (Fsp3) is 0.400. The number of hydrogen-bond donors (Lipinski definition) is 2. The van der Waals surface area contributed by atoms with Gasteiger partial charge in [0.15, 0.2) is 24.0 Å². The third-order valence-electron chi connectivity index (χ3n) is 7.81. The van der Waals surface area contributed by atoms with E-state index in [2.05, 4.69) is 43.1 Å². The second-order valence-corrected chi connectivity index (χ2v) is 11.1. The second kappa shape index (κ2) is 14.2. The first-order valence-corrected chi connectivity index (χ1v) is 14.6. The number of likely N-dealkylation sites (tertiary alicyclic amines) is 2. The van der Waals surface area contributed by atoms with Crippen LogP contribution in [0.25, 0.3) is 0 Å². The lowest BCUT2D eigenvalue weighted by atomic mass is 10.1. The van der Waals surface area contributed by atoms with E-state index in [9.17, 15) is 9.59 Å². The van der Waals surface area contributed by atoms with Crippen LogP contribution in [0.5, 0.6) is 0 Å². The molecule has 6 rings (SSSR count). The number of nitrogens with one attached hydrogen (secondary N) is 2. The Morgan fingerprint density at radius 1 is 0.889 bits per heavy atom. The molecule has 2 amide bonds. The lowest BCUT2D eigenvalue weighted by Crippen LogP contribution is -2.25. The summed E-state index contributed by atoms with van der Waals surface area (Å²) in [6, 6.07) is 3.88. The van der Waals surface area contributed by atoms with Gasteiger partial charge in [0.2, 0.25) is 11.8 Å². The molecule has 2 saturated heterocycles. The normalized spacial score (nSPS) is 17.2. The summed E-state index contributed by atoms with van der Waals surface area (Å²) >= 11 is 0. The molecule has 232 valence electrons. The van der Waals surface area contributed by atoms with Crippen molar-refractivity contribution >= 4 is 23.5 Å². The lowest BCUT2D eigenvalue weighted by Gasteiger charge is -2.08. The van der Waals surface area contributed by atoms with E-state index in [4.69, 9.17) is 15.0 Å². The van der Waals surface area contributed by atoms with Crippen LogP contribution in [0, 0.1) is 48.6 Å². The van der Waals surface area contributed by atoms with Crippen molar-refractivity contribution < 1.29 is 14.1 Å². The highest BCUT2D eigenvalue weighted by molar-refractivity contribution is 5.92. The average molecular weight is 611 g/mol. The summed E-state index contributed by atoms with van der Waals surface area (Å²) in [6.07, 6.45) is 16.0. The maximum atomic E-state index is 12.2. The number of nitrogens with zero attached hydrogens (tertiary/aromatic N) is 10. The zero-order chi connectivity index (χ0) is 31.8. The maximum Gasteiger partial charge on any atom is 0.230 e.